The molecule has 0 atom stereocenters. The van der Waals surface area contributed by atoms with Crippen molar-refractivity contribution in [3.8, 4) is 28.5 Å². The summed E-state index contributed by atoms with van der Waals surface area (Å²) < 4.78 is 106. The van der Waals surface area contributed by atoms with Crippen LogP contribution in [0.4, 0.5) is 30.7 Å². The Labute approximate surface area is 200 Å². The number of benzene rings is 1. The molecule has 0 saturated heterocycles. The quantitative estimate of drug-likeness (QED) is 0.248. The van der Waals surface area contributed by atoms with E-state index in [9.17, 15) is 35.5 Å². The monoisotopic (exact) mass is 535 g/mol. The second-order valence-electron chi connectivity index (χ2n) is 6.88. The molecule has 4 rings (SSSR count). The number of hydrogen-bond donors (Lipinski definition) is 0. The third kappa shape index (κ3) is 4.36. The van der Waals surface area contributed by atoms with Crippen LogP contribution in [0.2, 0.25) is 5.02 Å². The number of carbonyl (C=O) groups is 1. The lowest BCUT2D eigenvalue weighted by Gasteiger charge is -2.12. The zero-order valence-electron chi connectivity index (χ0n) is 17.4. The maximum atomic E-state index is 14.5. The summed E-state index contributed by atoms with van der Waals surface area (Å²) in [4.78, 5) is 19.1. The molecule has 0 aliphatic heterocycles. The number of esters is 1. The molecule has 3 heterocycles. The Morgan fingerprint density at radius 2 is 1.83 bits per heavy atom. The van der Waals surface area contributed by atoms with Crippen LogP contribution in [-0.4, -0.2) is 38.0 Å². The van der Waals surface area contributed by atoms with Gasteiger partial charge in [0.25, 0.3) is 5.95 Å². The minimum absolute atomic E-state index is 0.0100. The average Bonchev–Trinajstić information content (AvgIpc) is 3.42. The van der Waals surface area contributed by atoms with Gasteiger partial charge < -0.3 is 9.26 Å². The Morgan fingerprint density at radius 1 is 1.11 bits per heavy atom. The molecule has 0 unspecified atom stereocenters. The first-order valence-corrected chi connectivity index (χ1v) is 9.81. The molecule has 0 bridgehead atoms. The summed E-state index contributed by atoms with van der Waals surface area (Å²) in [6.45, 7) is 0. The summed E-state index contributed by atoms with van der Waals surface area (Å²) in [7, 11) is 0.899. The minimum atomic E-state index is -5.28. The Kier molecular flexibility index (Phi) is 6.20. The van der Waals surface area contributed by atoms with Crippen LogP contribution < -0.4 is 0 Å². The van der Waals surface area contributed by atoms with Crippen molar-refractivity contribution >= 4 is 17.6 Å². The van der Waals surface area contributed by atoms with Gasteiger partial charge in [0.1, 0.15) is 22.8 Å². The van der Waals surface area contributed by atoms with Gasteiger partial charge in [0.2, 0.25) is 0 Å². The van der Waals surface area contributed by atoms with Crippen molar-refractivity contribution < 1.29 is 44.8 Å². The molecule has 0 aliphatic rings. The van der Waals surface area contributed by atoms with E-state index < -0.39 is 69.6 Å². The molecular weight excluding hydrogens is 527 g/mol. The maximum absolute atomic E-state index is 14.5. The van der Waals surface area contributed by atoms with Gasteiger partial charge in [0.15, 0.2) is 11.5 Å². The van der Waals surface area contributed by atoms with Gasteiger partial charge in [-0.2, -0.15) is 36.1 Å². The largest absolute Gasteiger partial charge is 0.465 e. The lowest BCUT2D eigenvalue weighted by Crippen LogP contribution is -2.18. The van der Waals surface area contributed by atoms with Crippen molar-refractivity contribution in [3.05, 3.63) is 64.5 Å². The Morgan fingerprint density at radius 3 is 2.44 bits per heavy atom. The molecule has 0 radical (unpaired) electrons. The van der Waals surface area contributed by atoms with Gasteiger partial charge in [-0.15, -0.1) is 0 Å². The SMILES string of the molecule is COC(=O)c1c(-c2c(F)cccc2Cl)noc1-c1cnn(-c2nccc(C(F)(F)F)n2)c1C(F)(F)F. The first-order valence-electron chi connectivity index (χ1n) is 9.43. The number of rotatable bonds is 4. The van der Waals surface area contributed by atoms with Gasteiger partial charge >= 0.3 is 18.3 Å². The molecule has 36 heavy (non-hydrogen) atoms. The van der Waals surface area contributed by atoms with Crippen LogP contribution in [0.1, 0.15) is 21.7 Å². The number of ether oxygens (including phenoxy) is 1. The molecule has 0 spiro atoms. The van der Waals surface area contributed by atoms with E-state index in [0.717, 1.165) is 13.2 Å². The first-order chi connectivity index (χ1) is 16.8. The van der Waals surface area contributed by atoms with Gasteiger partial charge in [-0.1, -0.05) is 22.8 Å². The predicted octanol–water partition coefficient (Wildman–Crippen LogP) is 5.60. The van der Waals surface area contributed by atoms with E-state index in [-0.39, 0.29) is 9.70 Å². The number of carbonyl (C=O) groups excluding carboxylic acids is 1. The number of halogens is 8. The first kappa shape index (κ1) is 25.1. The van der Waals surface area contributed by atoms with Crippen molar-refractivity contribution in [2.45, 2.75) is 12.4 Å². The van der Waals surface area contributed by atoms with Gasteiger partial charge in [-0.25, -0.2) is 19.2 Å². The van der Waals surface area contributed by atoms with Crippen molar-refractivity contribution in [2.24, 2.45) is 0 Å². The fraction of sp³-hybridized carbons (Fsp3) is 0.150. The van der Waals surface area contributed by atoms with Crippen LogP contribution in [0.25, 0.3) is 28.5 Å². The highest BCUT2D eigenvalue weighted by molar-refractivity contribution is 6.33. The second kappa shape index (κ2) is 8.89. The maximum Gasteiger partial charge on any atom is 0.434 e. The zero-order valence-corrected chi connectivity index (χ0v) is 18.2. The summed E-state index contributed by atoms with van der Waals surface area (Å²) in [5.74, 6) is -4.17. The second-order valence-corrected chi connectivity index (χ2v) is 7.29. The topological polar surface area (TPSA) is 95.9 Å². The molecule has 16 heteroatoms. The zero-order chi connectivity index (χ0) is 26.4. The molecule has 0 amide bonds. The van der Waals surface area contributed by atoms with E-state index in [2.05, 4.69) is 25.0 Å². The fourth-order valence-corrected chi connectivity index (χ4v) is 3.46. The highest BCUT2D eigenvalue weighted by Gasteiger charge is 2.43. The molecule has 0 N–H and O–H groups in total. The number of hydrogen-bond acceptors (Lipinski definition) is 7. The Hall–Kier alpha value is -4.01. The summed E-state index contributed by atoms with van der Waals surface area (Å²) in [5.41, 5.74) is -5.93. The van der Waals surface area contributed by atoms with Gasteiger partial charge in [0.05, 0.1) is 29.5 Å². The summed E-state index contributed by atoms with van der Waals surface area (Å²) in [6.07, 6.45) is -9.12. The van der Waals surface area contributed by atoms with Gasteiger partial charge in [-0.05, 0) is 18.2 Å². The third-order valence-electron chi connectivity index (χ3n) is 4.69. The van der Waals surface area contributed by atoms with Crippen molar-refractivity contribution in [1.29, 1.82) is 0 Å². The summed E-state index contributed by atoms with van der Waals surface area (Å²) >= 11 is 6.00. The van der Waals surface area contributed by atoms with Crippen LogP contribution in [-0.2, 0) is 17.1 Å². The molecule has 0 fully saturated rings. The fourth-order valence-electron chi connectivity index (χ4n) is 3.21. The molecular formula is C20H9ClF7N5O3. The molecule has 0 aliphatic carbocycles. The lowest BCUT2D eigenvalue weighted by atomic mass is 10.0. The van der Waals surface area contributed by atoms with E-state index >= 15 is 0 Å². The van der Waals surface area contributed by atoms with Crippen LogP contribution in [0, 0.1) is 5.82 Å². The normalized spacial score (nSPS) is 12.1. The van der Waals surface area contributed by atoms with E-state index in [1.165, 1.54) is 12.1 Å². The van der Waals surface area contributed by atoms with Gasteiger partial charge in [-0.3, -0.25) is 0 Å². The third-order valence-corrected chi connectivity index (χ3v) is 5.00. The molecule has 4 aromatic rings. The smallest absolute Gasteiger partial charge is 0.434 e. The predicted molar refractivity (Wildman–Crippen MR) is 106 cm³/mol. The Balaban J connectivity index is 1.99. The standard InChI is InChI=1S/C20H9ClF7N5O3/c1-35-17(34)13-14(12-9(21)3-2-4-10(12)22)32-36-15(13)8-7-30-33(16(8)20(26,27)28)18-29-6-5-11(31-18)19(23,24)25/h2-7H,1H3. The number of alkyl halides is 6. The van der Waals surface area contributed by atoms with Crippen molar-refractivity contribution in [2.75, 3.05) is 7.11 Å². The molecule has 3 aromatic heterocycles. The molecule has 0 saturated carbocycles. The number of aromatic nitrogens is 5. The highest BCUT2D eigenvalue weighted by atomic mass is 35.5. The Bertz CT molecular complexity index is 1440. The van der Waals surface area contributed by atoms with E-state index in [4.69, 9.17) is 16.1 Å². The number of methoxy groups -OCH3 is 1. The van der Waals surface area contributed by atoms with Crippen molar-refractivity contribution in [1.82, 2.24) is 24.9 Å². The van der Waals surface area contributed by atoms with E-state index in [0.29, 0.717) is 18.5 Å². The summed E-state index contributed by atoms with van der Waals surface area (Å²) in [5, 5.41) is 6.73. The highest BCUT2D eigenvalue weighted by Crippen LogP contribution is 2.43. The van der Waals surface area contributed by atoms with Crippen LogP contribution in [0.5, 0.6) is 0 Å². The molecule has 1 aromatic carbocycles. The molecule has 8 nitrogen and oxygen atoms in total. The van der Waals surface area contributed by atoms with E-state index in [1.807, 2.05) is 0 Å². The van der Waals surface area contributed by atoms with E-state index in [1.54, 1.807) is 0 Å². The summed E-state index contributed by atoms with van der Waals surface area (Å²) in [6, 6.07) is 3.89. The average molecular weight is 536 g/mol. The van der Waals surface area contributed by atoms with Gasteiger partial charge in [0, 0.05) is 6.20 Å². The van der Waals surface area contributed by atoms with Crippen molar-refractivity contribution in [3.63, 3.8) is 0 Å². The molecule has 188 valence electrons. The van der Waals surface area contributed by atoms with Crippen LogP contribution >= 0.6 is 11.6 Å². The number of nitrogens with zero attached hydrogens (tertiary/aromatic N) is 5. The minimum Gasteiger partial charge on any atom is -0.465 e. The lowest BCUT2D eigenvalue weighted by molar-refractivity contribution is -0.142. The van der Waals surface area contributed by atoms with Crippen LogP contribution in [0.3, 0.4) is 0 Å². The van der Waals surface area contributed by atoms with Crippen LogP contribution in [0.15, 0.2) is 41.2 Å².